The Hall–Kier alpha value is -2.25. The highest BCUT2D eigenvalue weighted by Crippen LogP contribution is 2.05. The van der Waals surface area contributed by atoms with Crippen molar-refractivity contribution in [2.45, 2.75) is 43.9 Å². The van der Waals surface area contributed by atoms with E-state index in [-0.39, 0.29) is 12.2 Å². The fourth-order valence-corrected chi connectivity index (χ4v) is 2.98. The summed E-state index contributed by atoms with van der Waals surface area (Å²) < 4.78 is 0. The number of carboxylic acid groups (broad SMARTS) is 1. The van der Waals surface area contributed by atoms with Crippen molar-refractivity contribution < 1.29 is 24.3 Å². The van der Waals surface area contributed by atoms with Gasteiger partial charge in [0.1, 0.15) is 18.1 Å². The van der Waals surface area contributed by atoms with Gasteiger partial charge in [-0.05, 0) is 25.4 Å². The minimum atomic E-state index is -1.21. The molecule has 1 aromatic heterocycles. The number of nitrogens with zero attached hydrogens (tertiary/aromatic N) is 1. The minimum Gasteiger partial charge on any atom is -0.480 e. The number of carbonyl (C=O) groups is 4. The van der Waals surface area contributed by atoms with Crippen LogP contribution in [-0.4, -0.2) is 80.7 Å². The van der Waals surface area contributed by atoms with Gasteiger partial charge in [0.15, 0.2) is 0 Å². The molecule has 0 aliphatic carbocycles. The van der Waals surface area contributed by atoms with Crippen molar-refractivity contribution in [1.82, 2.24) is 25.9 Å². The summed E-state index contributed by atoms with van der Waals surface area (Å²) in [6.45, 7) is 1.32. The number of thioether (sulfide) groups is 1. The first-order valence-corrected chi connectivity index (χ1v) is 11.2. The Morgan fingerprint density at radius 3 is 2.37 bits per heavy atom. The fraction of sp³-hybridized carbons (Fsp3) is 0.588. The number of nitrogens with two attached hydrogens (primary N) is 1. The quantitative estimate of drug-likeness (QED) is 0.174. The molecule has 1 rings (SSSR count). The standard InChI is InChI=1S/C17H28N6O5S2/c1-9(17(27)28)21-16(26)13(5-10-6-19-8-20-10)23-15(25)12(3-4-30-2)22-14(24)11(18)7-29/h6,8-9,11-13,29H,3-5,7,18H2,1-2H3,(H,19,20)(H,21,26)(H,22,24)(H,23,25)(H,27,28). The first-order valence-electron chi connectivity index (χ1n) is 9.16. The number of carbonyl (C=O) groups excluding carboxylic acids is 3. The summed E-state index contributed by atoms with van der Waals surface area (Å²) in [4.78, 5) is 55.3. The molecular formula is C17H28N6O5S2. The molecule has 168 valence electrons. The second-order valence-electron chi connectivity index (χ2n) is 6.54. The van der Waals surface area contributed by atoms with Crippen molar-refractivity contribution in [3.63, 3.8) is 0 Å². The van der Waals surface area contributed by atoms with Crippen LogP contribution >= 0.6 is 24.4 Å². The smallest absolute Gasteiger partial charge is 0.325 e. The molecule has 4 unspecified atom stereocenters. The Labute approximate surface area is 184 Å². The molecule has 7 N–H and O–H groups in total. The molecule has 0 saturated heterocycles. The summed E-state index contributed by atoms with van der Waals surface area (Å²) in [6, 6.07) is -4.01. The van der Waals surface area contributed by atoms with Crippen LogP contribution < -0.4 is 21.7 Å². The van der Waals surface area contributed by atoms with E-state index in [0.717, 1.165) is 0 Å². The molecule has 1 heterocycles. The average molecular weight is 461 g/mol. The zero-order valence-corrected chi connectivity index (χ0v) is 18.5. The van der Waals surface area contributed by atoms with Crippen LogP contribution in [0.5, 0.6) is 0 Å². The van der Waals surface area contributed by atoms with Crippen molar-refractivity contribution in [3.8, 4) is 0 Å². The van der Waals surface area contributed by atoms with E-state index in [2.05, 4.69) is 38.5 Å². The van der Waals surface area contributed by atoms with Gasteiger partial charge < -0.3 is 31.8 Å². The highest BCUT2D eigenvalue weighted by Gasteiger charge is 2.29. The summed E-state index contributed by atoms with van der Waals surface area (Å²) in [5.74, 6) is -2.29. The average Bonchev–Trinajstić information content (AvgIpc) is 3.22. The van der Waals surface area contributed by atoms with E-state index in [0.29, 0.717) is 17.9 Å². The van der Waals surface area contributed by atoms with Gasteiger partial charge in [-0.3, -0.25) is 19.2 Å². The van der Waals surface area contributed by atoms with E-state index in [4.69, 9.17) is 10.8 Å². The third-order valence-electron chi connectivity index (χ3n) is 4.12. The summed E-state index contributed by atoms with van der Waals surface area (Å²) in [7, 11) is 0. The SMILES string of the molecule is CSCCC(NC(=O)C(N)CS)C(=O)NC(Cc1cnc[nH]1)C(=O)NC(C)C(=O)O. The molecule has 0 aliphatic heterocycles. The monoisotopic (exact) mass is 460 g/mol. The number of carboxylic acids is 1. The van der Waals surface area contributed by atoms with Gasteiger partial charge in [0.25, 0.3) is 0 Å². The van der Waals surface area contributed by atoms with E-state index in [9.17, 15) is 19.2 Å². The molecule has 0 bridgehead atoms. The second kappa shape index (κ2) is 13.1. The number of hydrogen-bond acceptors (Lipinski definition) is 8. The van der Waals surface area contributed by atoms with Crippen LogP contribution in [0.2, 0.25) is 0 Å². The molecular weight excluding hydrogens is 432 g/mol. The Morgan fingerprint density at radius 2 is 1.83 bits per heavy atom. The number of aromatic amines is 1. The maximum atomic E-state index is 12.8. The predicted octanol–water partition coefficient (Wildman–Crippen LogP) is -1.48. The molecule has 1 aromatic rings. The number of imidazole rings is 1. The lowest BCUT2D eigenvalue weighted by molar-refractivity contribution is -0.141. The van der Waals surface area contributed by atoms with Crippen LogP contribution in [0.25, 0.3) is 0 Å². The van der Waals surface area contributed by atoms with Crippen LogP contribution in [0.4, 0.5) is 0 Å². The first kappa shape index (κ1) is 25.8. The Bertz CT molecular complexity index is 718. The molecule has 0 aliphatic rings. The van der Waals surface area contributed by atoms with Crippen molar-refractivity contribution in [2.75, 3.05) is 17.8 Å². The summed E-state index contributed by atoms with van der Waals surface area (Å²) in [5, 5.41) is 16.5. The largest absolute Gasteiger partial charge is 0.480 e. The topological polar surface area (TPSA) is 179 Å². The molecule has 13 heteroatoms. The number of thiol groups is 1. The molecule has 0 saturated carbocycles. The zero-order valence-electron chi connectivity index (χ0n) is 16.8. The lowest BCUT2D eigenvalue weighted by Gasteiger charge is -2.24. The normalized spacial score (nSPS) is 14.8. The van der Waals surface area contributed by atoms with E-state index < -0.39 is 47.9 Å². The Balaban J connectivity index is 2.95. The van der Waals surface area contributed by atoms with Crippen LogP contribution in [-0.2, 0) is 25.6 Å². The van der Waals surface area contributed by atoms with Gasteiger partial charge in [-0.2, -0.15) is 24.4 Å². The third kappa shape index (κ3) is 8.63. The Morgan fingerprint density at radius 1 is 1.20 bits per heavy atom. The van der Waals surface area contributed by atoms with Crippen LogP contribution in [0.3, 0.4) is 0 Å². The minimum absolute atomic E-state index is 0.0588. The van der Waals surface area contributed by atoms with Crippen molar-refractivity contribution in [2.24, 2.45) is 5.73 Å². The molecule has 30 heavy (non-hydrogen) atoms. The van der Waals surface area contributed by atoms with Crippen molar-refractivity contribution in [1.29, 1.82) is 0 Å². The maximum absolute atomic E-state index is 12.8. The van der Waals surface area contributed by atoms with Gasteiger partial charge in [0.05, 0.1) is 12.4 Å². The fourth-order valence-electron chi connectivity index (χ4n) is 2.34. The number of rotatable bonds is 13. The zero-order chi connectivity index (χ0) is 22.7. The van der Waals surface area contributed by atoms with Gasteiger partial charge in [0.2, 0.25) is 17.7 Å². The molecule has 4 atom stereocenters. The molecule has 0 aromatic carbocycles. The first-order chi connectivity index (χ1) is 14.2. The Kier molecular flexibility index (Phi) is 11.3. The number of hydrogen-bond donors (Lipinski definition) is 7. The van der Waals surface area contributed by atoms with Crippen molar-refractivity contribution in [3.05, 3.63) is 18.2 Å². The predicted molar refractivity (Wildman–Crippen MR) is 116 cm³/mol. The van der Waals surface area contributed by atoms with Gasteiger partial charge in [-0.15, -0.1) is 0 Å². The van der Waals surface area contributed by atoms with Crippen molar-refractivity contribution >= 4 is 48.1 Å². The van der Waals surface area contributed by atoms with Gasteiger partial charge in [0, 0.05) is 24.1 Å². The van der Waals surface area contributed by atoms with Gasteiger partial charge in [-0.25, -0.2) is 4.98 Å². The van der Waals surface area contributed by atoms with Crippen LogP contribution in [0.15, 0.2) is 12.5 Å². The summed E-state index contributed by atoms with van der Waals surface area (Å²) in [5.41, 5.74) is 6.23. The maximum Gasteiger partial charge on any atom is 0.325 e. The van der Waals surface area contributed by atoms with E-state index >= 15 is 0 Å². The lowest BCUT2D eigenvalue weighted by Crippen LogP contribution is -2.57. The molecule has 0 fully saturated rings. The molecule has 0 radical (unpaired) electrons. The third-order valence-corrected chi connectivity index (χ3v) is 5.16. The summed E-state index contributed by atoms with van der Waals surface area (Å²) >= 11 is 5.47. The highest BCUT2D eigenvalue weighted by molar-refractivity contribution is 7.98. The number of H-pyrrole nitrogens is 1. The number of amides is 3. The highest BCUT2D eigenvalue weighted by atomic mass is 32.2. The summed E-state index contributed by atoms with van der Waals surface area (Å²) in [6.07, 6.45) is 5.15. The molecule has 11 nitrogen and oxygen atoms in total. The molecule has 3 amide bonds. The second-order valence-corrected chi connectivity index (χ2v) is 7.89. The number of aromatic nitrogens is 2. The molecule has 0 spiro atoms. The van der Waals surface area contributed by atoms with Gasteiger partial charge >= 0.3 is 5.97 Å². The van der Waals surface area contributed by atoms with Crippen LogP contribution in [0.1, 0.15) is 19.0 Å². The number of aliphatic carboxylic acids is 1. The van der Waals surface area contributed by atoms with Crippen LogP contribution in [0, 0.1) is 0 Å². The van der Waals surface area contributed by atoms with Gasteiger partial charge in [-0.1, -0.05) is 0 Å². The van der Waals surface area contributed by atoms with E-state index in [1.54, 1.807) is 0 Å². The number of nitrogens with one attached hydrogen (secondary N) is 4. The lowest BCUT2D eigenvalue weighted by atomic mass is 10.1. The van der Waals surface area contributed by atoms with E-state index in [1.807, 2.05) is 6.26 Å². The van der Waals surface area contributed by atoms with E-state index in [1.165, 1.54) is 31.2 Å².